The molecule has 0 bridgehead atoms. The molecule has 26 valence electrons. The molecule has 4 heavy (non-hydrogen) atoms. The fourth-order valence-electron chi connectivity index (χ4n) is 0. The van der Waals surface area contributed by atoms with E-state index in [1.807, 2.05) is 0 Å². The third-order valence-corrected chi connectivity index (χ3v) is 1.06. The van der Waals surface area contributed by atoms with Gasteiger partial charge in [-0.25, -0.2) is 0 Å². The second-order valence-corrected chi connectivity index (χ2v) is 1.41. The van der Waals surface area contributed by atoms with Gasteiger partial charge in [0.2, 0.25) is 0 Å². The molecule has 0 heterocycles. The summed E-state index contributed by atoms with van der Waals surface area (Å²) in [6.45, 7) is 3.18. The first-order valence-corrected chi connectivity index (χ1v) is 2.56. The first kappa shape index (κ1) is 4.52. The van der Waals surface area contributed by atoms with Crippen LogP contribution in [-0.2, 0) is 0 Å². The van der Waals surface area contributed by atoms with Crippen molar-refractivity contribution < 1.29 is 0 Å². The van der Waals surface area contributed by atoms with Gasteiger partial charge in [0.1, 0.15) is 0 Å². The Kier molecular flexibility index (Phi) is 3.97. The summed E-state index contributed by atoms with van der Waals surface area (Å²) in [5.41, 5.74) is 0. The van der Waals surface area contributed by atoms with E-state index in [0.717, 1.165) is 6.54 Å². The van der Waals surface area contributed by atoms with Gasteiger partial charge in [-0.1, -0.05) is 0 Å². The summed E-state index contributed by atoms with van der Waals surface area (Å²) in [5.74, 6) is 0. The van der Waals surface area contributed by atoms with Gasteiger partial charge in [-0.3, -0.25) is 0 Å². The van der Waals surface area contributed by atoms with Crippen LogP contribution in [0.2, 0.25) is 0 Å². The van der Waals surface area contributed by atoms with Crippen molar-refractivity contribution >= 4 is 17.1 Å². The van der Waals surface area contributed by atoms with Crippen molar-refractivity contribution in [3.8, 4) is 0 Å². The molecular formula is C2H8AsN. The van der Waals surface area contributed by atoms with Crippen molar-refractivity contribution in [3.05, 3.63) is 0 Å². The van der Waals surface area contributed by atoms with Gasteiger partial charge >= 0.3 is 34.8 Å². The Bertz CT molecular complexity index is 8.00. The van der Waals surface area contributed by atoms with Gasteiger partial charge in [-0.2, -0.15) is 0 Å². The normalized spacial score (nSPS) is 7.50. The zero-order chi connectivity index (χ0) is 3.41. The van der Waals surface area contributed by atoms with Crippen molar-refractivity contribution in [1.29, 1.82) is 0 Å². The van der Waals surface area contributed by atoms with Gasteiger partial charge in [0, 0.05) is 0 Å². The zero-order valence-corrected chi connectivity index (χ0v) is 5.21. The third kappa shape index (κ3) is 2.52. The van der Waals surface area contributed by atoms with Gasteiger partial charge in [0.05, 0.1) is 0 Å². The molecule has 0 fully saturated rings. The van der Waals surface area contributed by atoms with Gasteiger partial charge < -0.3 is 0 Å². The van der Waals surface area contributed by atoms with E-state index >= 15 is 0 Å². The predicted molar refractivity (Wildman–Crippen MR) is 22.2 cm³/mol. The molecule has 0 saturated heterocycles. The first-order valence-electron chi connectivity index (χ1n) is 1.35. The Morgan fingerprint density at radius 2 is 2.25 bits per heavy atom. The minimum absolute atomic E-state index is 1.10. The Hall–Kier alpha value is 0.518. The number of rotatable bonds is 1. The van der Waals surface area contributed by atoms with Crippen LogP contribution in [0.3, 0.4) is 0 Å². The Morgan fingerprint density at radius 3 is 2.25 bits per heavy atom. The van der Waals surface area contributed by atoms with E-state index in [4.69, 9.17) is 0 Å². The second-order valence-electron chi connectivity index (χ2n) is 0.558. The summed E-state index contributed by atoms with van der Waals surface area (Å²) < 4.78 is 2.99. The molecule has 0 saturated carbocycles. The topological polar surface area (TPSA) is 12.0 Å². The van der Waals surface area contributed by atoms with Crippen molar-refractivity contribution in [2.24, 2.45) is 0 Å². The quantitative estimate of drug-likeness (QED) is 0.445. The van der Waals surface area contributed by atoms with Crippen molar-refractivity contribution in [2.75, 3.05) is 6.54 Å². The summed E-state index contributed by atoms with van der Waals surface area (Å²) in [6, 6.07) is 0. The van der Waals surface area contributed by atoms with Crippen molar-refractivity contribution in [2.45, 2.75) is 6.92 Å². The predicted octanol–water partition coefficient (Wildman–Crippen LogP) is -0.856. The third-order valence-electron chi connectivity index (χ3n) is 0.204. The minimum atomic E-state index is 1.10. The van der Waals surface area contributed by atoms with E-state index in [1.165, 1.54) is 0 Å². The first-order chi connectivity index (χ1) is 1.91. The van der Waals surface area contributed by atoms with E-state index in [0.29, 0.717) is 0 Å². The second kappa shape index (κ2) is 3.52. The Labute approximate surface area is 35.5 Å². The van der Waals surface area contributed by atoms with Gasteiger partial charge in [0.25, 0.3) is 0 Å². The SMILES string of the molecule is CCN[AsH2]. The van der Waals surface area contributed by atoms with Crippen LogP contribution in [-0.4, -0.2) is 23.6 Å². The Morgan fingerprint density at radius 1 is 2.00 bits per heavy atom. The molecule has 0 rings (SSSR count). The molecule has 0 aromatic heterocycles. The summed E-state index contributed by atoms with van der Waals surface area (Å²) in [6.07, 6.45) is 0. The van der Waals surface area contributed by atoms with E-state index in [2.05, 4.69) is 11.2 Å². The van der Waals surface area contributed by atoms with Crippen LogP contribution >= 0.6 is 0 Å². The molecule has 1 atom stereocenters. The molecule has 1 nitrogen and oxygen atoms in total. The molecule has 1 N–H and O–H groups in total. The average Bonchev–Trinajstić information content (AvgIpc) is 1.37. The number of hydrogen-bond acceptors (Lipinski definition) is 1. The van der Waals surface area contributed by atoms with Crippen LogP contribution in [0.1, 0.15) is 6.92 Å². The van der Waals surface area contributed by atoms with Crippen LogP contribution in [0.4, 0.5) is 0 Å². The standard InChI is InChI=1S/C2H8AsN/c1-2-4-3/h4H,2-3H2,1H3. The summed E-state index contributed by atoms with van der Waals surface area (Å²) in [5, 5.41) is 0. The van der Waals surface area contributed by atoms with Crippen LogP contribution in [0.15, 0.2) is 0 Å². The van der Waals surface area contributed by atoms with Crippen LogP contribution in [0.25, 0.3) is 0 Å². The van der Waals surface area contributed by atoms with Crippen LogP contribution < -0.4 is 4.23 Å². The van der Waals surface area contributed by atoms with E-state index in [1.54, 1.807) is 17.1 Å². The maximum absolute atomic E-state index is 2.99. The summed E-state index contributed by atoms with van der Waals surface area (Å²) >= 11 is 1.57. The fraction of sp³-hybridized carbons (Fsp3) is 1.00. The Balaban J connectivity index is 1.97. The molecule has 0 amide bonds. The van der Waals surface area contributed by atoms with Gasteiger partial charge in [0.15, 0.2) is 0 Å². The van der Waals surface area contributed by atoms with Gasteiger partial charge in [-0.15, -0.1) is 0 Å². The molecule has 0 radical (unpaired) electrons. The molecule has 2 heteroatoms. The fourth-order valence-corrected chi connectivity index (χ4v) is 0. The van der Waals surface area contributed by atoms with E-state index in [9.17, 15) is 0 Å². The molecule has 0 aliphatic rings. The van der Waals surface area contributed by atoms with Gasteiger partial charge in [-0.05, 0) is 0 Å². The molecule has 0 aliphatic carbocycles. The van der Waals surface area contributed by atoms with Crippen molar-refractivity contribution in [3.63, 3.8) is 0 Å². The number of hydrogen-bond donors (Lipinski definition) is 1. The molecule has 1 unspecified atom stereocenters. The monoisotopic (exact) mass is 121 g/mol. The molecular weight excluding hydrogens is 113 g/mol. The van der Waals surface area contributed by atoms with E-state index in [-0.39, 0.29) is 0 Å². The molecule has 0 spiro atoms. The number of nitrogens with one attached hydrogen (secondary N) is 1. The van der Waals surface area contributed by atoms with Crippen LogP contribution in [0, 0.1) is 0 Å². The maximum atomic E-state index is 2.99. The van der Waals surface area contributed by atoms with Crippen LogP contribution in [0.5, 0.6) is 0 Å². The molecule has 0 aromatic carbocycles. The summed E-state index contributed by atoms with van der Waals surface area (Å²) in [4.78, 5) is 0. The molecule has 0 aliphatic heterocycles. The zero-order valence-electron chi connectivity index (χ0n) is 2.78. The average molecular weight is 121 g/mol. The van der Waals surface area contributed by atoms with E-state index < -0.39 is 0 Å². The molecule has 0 aromatic rings. The summed E-state index contributed by atoms with van der Waals surface area (Å²) in [7, 11) is 0. The van der Waals surface area contributed by atoms with Crippen molar-refractivity contribution in [1.82, 2.24) is 4.23 Å².